The molecule has 2 aromatic carbocycles. The van der Waals surface area contributed by atoms with Gasteiger partial charge in [0.15, 0.2) is 0 Å². The predicted molar refractivity (Wildman–Crippen MR) is 113 cm³/mol. The molecule has 146 valence electrons. The molecule has 0 atom stereocenters. The quantitative estimate of drug-likeness (QED) is 0.656. The number of ether oxygens (including phenoxy) is 2. The third kappa shape index (κ3) is 4.18. The second-order valence-electron chi connectivity index (χ2n) is 6.17. The topological polar surface area (TPSA) is 79.4 Å². The van der Waals surface area contributed by atoms with Gasteiger partial charge in [-0.15, -0.1) is 0 Å². The average molecular weight is 400 g/mol. The van der Waals surface area contributed by atoms with Crippen molar-refractivity contribution in [2.45, 2.75) is 13.0 Å². The highest BCUT2D eigenvalue weighted by molar-refractivity contribution is 6.31. The van der Waals surface area contributed by atoms with E-state index in [-0.39, 0.29) is 5.56 Å². The van der Waals surface area contributed by atoms with E-state index in [1.54, 1.807) is 43.1 Å². The van der Waals surface area contributed by atoms with Crippen LogP contribution in [0.2, 0.25) is 5.02 Å². The zero-order chi connectivity index (χ0) is 20.1. The van der Waals surface area contributed by atoms with Crippen molar-refractivity contribution in [1.82, 2.24) is 9.55 Å². The Labute approximate surface area is 168 Å². The molecular formula is C21H22ClN3O3. The van der Waals surface area contributed by atoms with Gasteiger partial charge in [0, 0.05) is 17.1 Å². The summed E-state index contributed by atoms with van der Waals surface area (Å²) in [5, 5.41) is 1.06. The molecule has 28 heavy (non-hydrogen) atoms. The lowest BCUT2D eigenvalue weighted by Gasteiger charge is -2.11. The summed E-state index contributed by atoms with van der Waals surface area (Å²) < 4.78 is 12.3. The molecular weight excluding hydrogens is 378 g/mol. The first-order chi connectivity index (χ1) is 13.6. The van der Waals surface area contributed by atoms with Crippen molar-refractivity contribution in [1.29, 1.82) is 0 Å². The first-order valence-electron chi connectivity index (χ1n) is 8.87. The number of benzene rings is 2. The highest BCUT2D eigenvalue weighted by Crippen LogP contribution is 2.26. The summed E-state index contributed by atoms with van der Waals surface area (Å²) in [6.45, 7) is 0.966. The minimum Gasteiger partial charge on any atom is -0.497 e. The van der Waals surface area contributed by atoms with E-state index >= 15 is 0 Å². The summed E-state index contributed by atoms with van der Waals surface area (Å²) >= 11 is 6.08. The lowest BCUT2D eigenvalue weighted by molar-refractivity contribution is 0.402. The van der Waals surface area contributed by atoms with Gasteiger partial charge >= 0.3 is 0 Å². The molecule has 3 rings (SSSR count). The number of rotatable bonds is 7. The lowest BCUT2D eigenvalue weighted by atomic mass is 10.1. The van der Waals surface area contributed by atoms with Crippen LogP contribution in [0.15, 0.2) is 41.2 Å². The van der Waals surface area contributed by atoms with Crippen LogP contribution in [0.1, 0.15) is 17.8 Å². The van der Waals surface area contributed by atoms with Gasteiger partial charge in [-0.25, -0.2) is 4.98 Å². The summed E-state index contributed by atoms with van der Waals surface area (Å²) in [7, 11) is 3.21. The Kier molecular flexibility index (Phi) is 6.34. The van der Waals surface area contributed by atoms with Crippen molar-refractivity contribution in [2.75, 3.05) is 20.8 Å². The van der Waals surface area contributed by atoms with E-state index < -0.39 is 0 Å². The molecule has 0 radical (unpaired) electrons. The molecule has 1 aromatic heterocycles. The van der Waals surface area contributed by atoms with E-state index in [0.29, 0.717) is 52.8 Å². The van der Waals surface area contributed by atoms with Crippen LogP contribution in [0, 0.1) is 0 Å². The standard InChI is InChI=1S/C21H22ClN3O3/c1-27-16-6-8-19(28-2)14(12-16)4-9-20-24-18-13-15(22)5-7-17(18)21(26)25(20)11-3-10-23/h4-9,12-13H,3,10-11,23H2,1-2H3. The number of aromatic nitrogens is 2. The Morgan fingerprint density at radius 2 is 1.96 bits per heavy atom. The van der Waals surface area contributed by atoms with E-state index in [1.807, 2.05) is 24.3 Å². The highest BCUT2D eigenvalue weighted by Gasteiger charge is 2.10. The van der Waals surface area contributed by atoms with Crippen molar-refractivity contribution in [2.24, 2.45) is 5.73 Å². The predicted octanol–water partition coefficient (Wildman–Crippen LogP) is 3.59. The second-order valence-corrected chi connectivity index (χ2v) is 6.61. The smallest absolute Gasteiger partial charge is 0.261 e. The number of halogens is 1. The zero-order valence-electron chi connectivity index (χ0n) is 15.8. The fourth-order valence-corrected chi connectivity index (χ4v) is 3.10. The molecule has 0 aliphatic rings. The molecule has 0 amide bonds. The van der Waals surface area contributed by atoms with Crippen LogP contribution in [0.5, 0.6) is 11.5 Å². The molecule has 0 bridgehead atoms. The van der Waals surface area contributed by atoms with Gasteiger partial charge in [0.2, 0.25) is 0 Å². The maximum atomic E-state index is 13.0. The molecule has 0 aliphatic carbocycles. The van der Waals surface area contributed by atoms with Gasteiger partial charge in [0.1, 0.15) is 17.3 Å². The lowest BCUT2D eigenvalue weighted by Crippen LogP contribution is -2.25. The van der Waals surface area contributed by atoms with Crippen LogP contribution in [0.3, 0.4) is 0 Å². The fourth-order valence-electron chi connectivity index (χ4n) is 2.94. The van der Waals surface area contributed by atoms with Crippen molar-refractivity contribution in [3.63, 3.8) is 0 Å². The summed E-state index contributed by atoms with van der Waals surface area (Å²) in [6.07, 6.45) is 4.30. The van der Waals surface area contributed by atoms with E-state index in [0.717, 1.165) is 5.56 Å². The number of nitrogens with zero attached hydrogens (tertiary/aromatic N) is 2. The summed E-state index contributed by atoms with van der Waals surface area (Å²) in [5.74, 6) is 1.93. The first kappa shape index (κ1) is 19.9. The molecule has 2 N–H and O–H groups in total. The fraction of sp³-hybridized carbons (Fsp3) is 0.238. The number of nitrogens with two attached hydrogens (primary N) is 1. The van der Waals surface area contributed by atoms with E-state index in [9.17, 15) is 4.79 Å². The molecule has 7 heteroatoms. The zero-order valence-corrected chi connectivity index (χ0v) is 16.6. The molecule has 0 aliphatic heterocycles. The summed E-state index contributed by atoms with van der Waals surface area (Å²) in [4.78, 5) is 17.6. The van der Waals surface area contributed by atoms with Gasteiger partial charge in [-0.05, 0) is 61.5 Å². The SMILES string of the molecule is COc1ccc(OC)c(C=Cc2nc3cc(Cl)ccc3c(=O)n2CCCN)c1. The molecule has 0 saturated carbocycles. The van der Waals surface area contributed by atoms with Crippen LogP contribution < -0.4 is 20.8 Å². The van der Waals surface area contributed by atoms with Crippen LogP contribution in [0.4, 0.5) is 0 Å². The van der Waals surface area contributed by atoms with Gasteiger partial charge in [0.05, 0.1) is 25.1 Å². The summed E-state index contributed by atoms with van der Waals surface area (Å²) in [6, 6.07) is 10.6. The Morgan fingerprint density at radius 3 is 2.68 bits per heavy atom. The molecule has 6 nitrogen and oxygen atoms in total. The van der Waals surface area contributed by atoms with E-state index in [1.165, 1.54) is 0 Å². The average Bonchev–Trinajstić information content (AvgIpc) is 2.71. The van der Waals surface area contributed by atoms with Gasteiger partial charge in [-0.2, -0.15) is 0 Å². The molecule has 0 unspecified atom stereocenters. The van der Waals surface area contributed by atoms with E-state index in [4.69, 9.17) is 26.8 Å². The maximum Gasteiger partial charge on any atom is 0.261 e. The van der Waals surface area contributed by atoms with Gasteiger partial charge in [-0.1, -0.05) is 11.6 Å². The molecule has 0 fully saturated rings. The minimum absolute atomic E-state index is 0.118. The first-order valence-corrected chi connectivity index (χ1v) is 9.25. The maximum absolute atomic E-state index is 13.0. The molecule has 0 spiro atoms. The van der Waals surface area contributed by atoms with Crippen molar-refractivity contribution >= 4 is 34.7 Å². The van der Waals surface area contributed by atoms with Gasteiger partial charge in [0.25, 0.3) is 5.56 Å². The Morgan fingerprint density at radius 1 is 1.14 bits per heavy atom. The number of hydrogen-bond donors (Lipinski definition) is 1. The Balaban J connectivity index is 2.13. The minimum atomic E-state index is -0.118. The van der Waals surface area contributed by atoms with Crippen molar-refractivity contribution < 1.29 is 9.47 Å². The van der Waals surface area contributed by atoms with Crippen LogP contribution in [0.25, 0.3) is 23.1 Å². The monoisotopic (exact) mass is 399 g/mol. The summed E-state index contributed by atoms with van der Waals surface area (Å²) in [5.41, 5.74) is 6.89. The van der Waals surface area contributed by atoms with Crippen LogP contribution in [-0.4, -0.2) is 30.3 Å². The highest BCUT2D eigenvalue weighted by atomic mass is 35.5. The Bertz CT molecular complexity index is 1080. The normalized spacial score (nSPS) is 11.3. The third-order valence-corrected chi connectivity index (χ3v) is 4.62. The molecule has 1 heterocycles. The number of hydrogen-bond acceptors (Lipinski definition) is 5. The largest absolute Gasteiger partial charge is 0.497 e. The van der Waals surface area contributed by atoms with Crippen LogP contribution >= 0.6 is 11.6 Å². The van der Waals surface area contributed by atoms with Gasteiger partial charge in [-0.3, -0.25) is 9.36 Å². The second kappa shape index (κ2) is 8.91. The number of methoxy groups -OCH3 is 2. The molecule has 3 aromatic rings. The Hall–Kier alpha value is -2.83. The van der Waals surface area contributed by atoms with Crippen molar-refractivity contribution in [3.05, 3.63) is 63.2 Å². The number of fused-ring (bicyclic) bond motifs is 1. The van der Waals surface area contributed by atoms with Crippen LogP contribution in [-0.2, 0) is 6.54 Å². The van der Waals surface area contributed by atoms with Gasteiger partial charge < -0.3 is 15.2 Å². The third-order valence-electron chi connectivity index (χ3n) is 4.38. The molecule has 0 saturated heterocycles. The van der Waals surface area contributed by atoms with E-state index in [2.05, 4.69) is 4.98 Å². The van der Waals surface area contributed by atoms with Crippen molar-refractivity contribution in [3.8, 4) is 11.5 Å².